The molecule has 0 spiro atoms. The van der Waals surface area contributed by atoms with E-state index < -0.39 is 0 Å². The van der Waals surface area contributed by atoms with Gasteiger partial charge in [0.05, 0.1) is 7.11 Å². The minimum Gasteiger partial charge on any atom is -0.497 e. The maximum Gasteiger partial charge on any atom is 0.220 e. The highest BCUT2D eigenvalue weighted by atomic mass is 19.1. The summed E-state index contributed by atoms with van der Waals surface area (Å²) in [7, 11) is 1.65. The molecule has 4 heteroatoms. The molecular weight excluding hydrogens is 305 g/mol. The highest BCUT2D eigenvalue weighted by molar-refractivity contribution is 5.77. The molecule has 1 N–H and O–H groups in total. The summed E-state index contributed by atoms with van der Waals surface area (Å²) < 4.78 is 18.1. The van der Waals surface area contributed by atoms with Crippen molar-refractivity contribution in [2.75, 3.05) is 7.11 Å². The highest BCUT2D eigenvalue weighted by Gasteiger charge is 2.33. The van der Waals surface area contributed by atoms with Crippen LogP contribution in [-0.4, -0.2) is 13.0 Å². The smallest absolute Gasteiger partial charge is 0.220 e. The number of amides is 1. The van der Waals surface area contributed by atoms with Crippen LogP contribution in [0.2, 0.25) is 0 Å². The summed E-state index contributed by atoms with van der Waals surface area (Å²) in [5.41, 5.74) is 2.09. The standard InChI is InChI=1S/C20H22FNO2/c1-24-18-10-6-16(7-11-18)19(15-4-5-15)12-20(23)22-13-14-2-8-17(21)9-3-14/h2-3,6-11,15,19H,4-5,12-13H2,1H3,(H,22,23). The molecule has 1 unspecified atom stereocenters. The number of benzene rings is 2. The Morgan fingerprint density at radius 2 is 1.83 bits per heavy atom. The van der Waals surface area contributed by atoms with Gasteiger partial charge >= 0.3 is 0 Å². The quantitative estimate of drug-likeness (QED) is 0.833. The summed E-state index contributed by atoms with van der Waals surface area (Å²) in [5, 5.41) is 2.94. The van der Waals surface area contributed by atoms with E-state index in [0.717, 1.165) is 11.3 Å². The number of hydrogen-bond donors (Lipinski definition) is 1. The first-order valence-corrected chi connectivity index (χ1v) is 8.31. The first kappa shape index (κ1) is 16.5. The Kier molecular flexibility index (Phi) is 5.14. The fraction of sp³-hybridized carbons (Fsp3) is 0.350. The number of halogens is 1. The Balaban J connectivity index is 1.58. The molecule has 1 aliphatic rings. The van der Waals surface area contributed by atoms with Crippen LogP contribution in [0.3, 0.4) is 0 Å². The van der Waals surface area contributed by atoms with Gasteiger partial charge in [0.1, 0.15) is 11.6 Å². The molecule has 2 aromatic carbocycles. The van der Waals surface area contributed by atoms with Crippen LogP contribution in [0.4, 0.5) is 4.39 Å². The minimum absolute atomic E-state index is 0.0343. The van der Waals surface area contributed by atoms with E-state index in [9.17, 15) is 9.18 Å². The first-order valence-electron chi connectivity index (χ1n) is 8.31. The van der Waals surface area contributed by atoms with Crippen molar-refractivity contribution in [3.63, 3.8) is 0 Å². The first-order chi connectivity index (χ1) is 11.7. The number of nitrogens with one attached hydrogen (secondary N) is 1. The molecule has 0 saturated heterocycles. The van der Waals surface area contributed by atoms with Gasteiger partial charge in [-0.25, -0.2) is 4.39 Å². The van der Waals surface area contributed by atoms with E-state index in [-0.39, 0.29) is 17.6 Å². The Hall–Kier alpha value is -2.36. The summed E-state index contributed by atoms with van der Waals surface area (Å²) in [4.78, 5) is 12.3. The van der Waals surface area contributed by atoms with E-state index in [1.165, 1.54) is 30.5 Å². The Labute approximate surface area is 141 Å². The lowest BCUT2D eigenvalue weighted by Gasteiger charge is -2.17. The average Bonchev–Trinajstić information content (AvgIpc) is 3.44. The molecule has 0 bridgehead atoms. The molecule has 0 aromatic heterocycles. The number of methoxy groups -OCH3 is 1. The second kappa shape index (κ2) is 7.47. The van der Waals surface area contributed by atoms with Crippen molar-refractivity contribution >= 4 is 5.91 Å². The third kappa shape index (κ3) is 4.34. The number of carbonyl (C=O) groups excluding carboxylic acids is 1. The molecule has 0 aliphatic heterocycles. The molecule has 1 saturated carbocycles. The van der Waals surface area contributed by atoms with E-state index in [1.807, 2.05) is 12.1 Å². The van der Waals surface area contributed by atoms with E-state index >= 15 is 0 Å². The van der Waals surface area contributed by atoms with Gasteiger partial charge in [0.15, 0.2) is 0 Å². The van der Waals surface area contributed by atoms with Gasteiger partial charge < -0.3 is 10.1 Å². The lowest BCUT2D eigenvalue weighted by atomic mass is 9.90. The maximum atomic E-state index is 12.9. The Bertz CT molecular complexity index is 678. The molecule has 24 heavy (non-hydrogen) atoms. The second-order valence-corrected chi connectivity index (χ2v) is 6.32. The molecule has 1 amide bonds. The third-order valence-corrected chi connectivity index (χ3v) is 4.54. The summed E-state index contributed by atoms with van der Waals surface area (Å²) in [6, 6.07) is 14.2. The monoisotopic (exact) mass is 327 g/mol. The van der Waals surface area contributed by atoms with Crippen molar-refractivity contribution < 1.29 is 13.9 Å². The van der Waals surface area contributed by atoms with Crippen molar-refractivity contribution in [3.8, 4) is 5.75 Å². The van der Waals surface area contributed by atoms with Crippen LogP contribution in [0.25, 0.3) is 0 Å². The molecule has 3 nitrogen and oxygen atoms in total. The van der Waals surface area contributed by atoms with Gasteiger partial charge in [-0.2, -0.15) is 0 Å². The van der Waals surface area contributed by atoms with Gasteiger partial charge in [-0.05, 0) is 60.1 Å². The average molecular weight is 327 g/mol. The number of ether oxygens (including phenoxy) is 1. The van der Waals surface area contributed by atoms with Crippen molar-refractivity contribution in [1.29, 1.82) is 0 Å². The second-order valence-electron chi connectivity index (χ2n) is 6.32. The van der Waals surface area contributed by atoms with Gasteiger partial charge in [-0.1, -0.05) is 24.3 Å². The van der Waals surface area contributed by atoms with Crippen molar-refractivity contribution in [3.05, 3.63) is 65.5 Å². The fourth-order valence-electron chi connectivity index (χ4n) is 2.98. The predicted molar refractivity (Wildman–Crippen MR) is 91.3 cm³/mol. The third-order valence-electron chi connectivity index (χ3n) is 4.54. The number of hydrogen-bond acceptors (Lipinski definition) is 2. The largest absolute Gasteiger partial charge is 0.497 e. The van der Waals surface area contributed by atoms with E-state index in [0.29, 0.717) is 18.9 Å². The molecule has 2 aromatic rings. The highest BCUT2D eigenvalue weighted by Crippen LogP contribution is 2.44. The van der Waals surface area contributed by atoms with Crippen LogP contribution < -0.4 is 10.1 Å². The maximum absolute atomic E-state index is 12.9. The zero-order chi connectivity index (χ0) is 16.9. The predicted octanol–water partition coefficient (Wildman–Crippen LogP) is 4.03. The van der Waals surface area contributed by atoms with E-state index in [1.54, 1.807) is 19.2 Å². The van der Waals surface area contributed by atoms with Gasteiger partial charge in [0.25, 0.3) is 0 Å². The minimum atomic E-state index is -0.265. The molecule has 1 atom stereocenters. The molecule has 3 rings (SSSR count). The van der Waals surface area contributed by atoms with Crippen molar-refractivity contribution in [2.24, 2.45) is 5.92 Å². The SMILES string of the molecule is COc1ccc(C(CC(=O)NCc2ccc(F)cc2)C2CC2)cc1. The molecular formula is C20H22FNO2. The fourth-order valence-corrected chi connectivity index (χ4v) is 2.98. The zero-order valence-corrected chi connectivity index (χ0v) is 13.8. The van der Waals surface area contributed by atoms with Crippen molar-refractivity contribution in [1.82, 2.24) is 5.32 Å². The van der Waals surface area contributed by atoms with E-state index in [2.05, 4.69) is 17.4 Å². The molecule has 0 heterocycles. The normalized spacial score (nSPS) is 14.9. The summed E-state index contributed by atoms with van der Waals surface area (Å²) in [6.07, 6.45) is 2.85. The zero-order valence-electron chi connectivity index (χ0n) is 13.8. The van der Waals surface area contributed by atoms with Crippen LogP contribution in [-0.2, 0) is 11.3 Å². The molecule has 0 radical (unpaired) electrons. The van der Waals surface area contributed by atoms with Gasteiger partial charge in [0, 0.05) is 13.0 Å². The Morgan fingerprint density at radius 3 is 2.42 bits per heavy atom. The number of carbonyl (C=O) groups is 1. The molecule has 126 valence electrons. The van der Waals surface area contributed by atoms with Crippen LogP contribution in [0.5, 0.6) is 5.75 Å². The molecule has 1 aliphatic carbocycles. The van der Waals surface area contributed by atoms with Crippen LogP contribution in [0.1, 0.15) is 36.3 Å². The number of rotatable bonds is 7. The van der Waals surface area contributed by atoms with Gasteiger partial charge in [-0.15, -0.1) is 0 Å². The van der Waals surface area contributed by atoms with Gasteiger partial charge in [0.2, 0.25) is 5.91 Å². The summed E-state index contributed by atoms with van der Waals surface area (Å²) in [5.74, 6) is 1.44. The van der Waals surface area contributed by atoms with Crippen LogP contribution in [0, 0.1) is 11.7 Å². The van der Waals surface area contributed by atoms with Crippen LogP contribution in [0.15, 0.2) is 48.5 Å². The lowest BCUT2D eigenvalue weighted by Crippen LogP contribution is -2.25. The van der Waals surface area contributed by atoms with Crippen LogP contribution >= 0.6 is 0 Å². The van der Waals surface area contributed by atoms with Crippen molar-refractivity contribution in [2.45, 2.75) is 31.7 Å². The Morgan fingerprint density at radius 1 is 1.17 bits per heavy atom. The molecule has 1 fully saturated rings. The van der Waals surface area contributed by atoms with E-state index in [4.69, 9.17) is 4.74 Å². The summed E-state index contributed by atoms with van der Waals surface area (Å²) >= 11 is 0. The lowest BCUT2D eigenvalue weighted by molar-refractivity contribution is -0.121. The van der Waals surface area contributed by atoms with Gasteiger partial charge in [-0.3, -0.25) is 4.79 Å². The summed E-state index contributed by atoms with van der Waals surface area (Å²) in [6.45, 7) is 0.430. The topological polar surface area (TPSA) is 38.3 Å².